The Kier molecular flexibility index (Phi) is 4.45. The number of hydrogen-bond donors (Lipinski definition) is 2. The Labute approximate surface area is 151 Å². The van der Waals surface area contributed by atoms with Crippen LogP contribution in [-0.4, -0.2) is 29.3 Å². The van der Waals surface area contributed by atoms with E-state index in [1.165, 1.54) is 0 Å². The Balaban J connectivity index is 1.40. The fourth-order valence-electron chi connectivity index (χ4n) is 2.97. The van der Waals surface area contributed by atoms with Gasteiger partial charge in [0.2, 0.25) is 0 Å². The number of carbonyl (C=O) groups is 1. The van der Waals surface area contributed by atoms with Gasteiger partial charge in [-0.2, -0.15) is 5.10 Å². The number of nitrogens with one attached hydrogen (secondary N) is 2. The van der Waals surface area contributed by atoms with Gasteiger partial charge in [0.05, 0.1) is 31.6 Å². The van der Waals surface area contributed by atoms with Gasteiger partial charge in [-0.25, -0.2) is 0 Å². The van der Waals surface area contributed by atoms with Gasteiger partial charge >= 0.3 is 0 Å². The quantitative estimate of drug-likeness (QED) is 0.736. The van der Waals surface area contributed by atoms with Crippen molar-refractivity contribution in [1.82, 2.24) is 20.4 Å². The van der Waals surface area contributed by atoms with E-state index in [2.05, 4.69) is 15.7 Å². The zero-order chi connectivity index (χ0) is 17.9. The van der Waals surface area contributed by atoms with Crippen LogP contribution < -0.4 is 15.4 Å². The second-order valence-electron chi connectivity index (χ2n) is 6.10. The van der Waals surface area contributed by atoms with Gasteiger partial charge in [-0.1, -0.05) is 0 Å². The number of nitrogens with zero attached hydrogens (tertiary/aromatic N) is 2. The van der Waals surface area contributed by atoms with Gasteiger partial charge in [0.1, 0.15) is 11.5 Å². The maximum atomic E-state index is 12.3. The maximum Gasteiger partial charge on any atom is 0.287 e. The van der Waals surface area contributed by atoms with Gasteiger partial charge in [0.15, 0.2) is 5.76 Å². The number of furan rings is 1. The first-order chi connectivity index (χ1) is 12.7. The number of hydrogen-bond acceptors (Lipinski definition) is 5. The van der Waals surface area contributed by atoms with Crippen LogP contribution in [0.2, 0.25) is 0 Å². The molecule has 0 saturated carbocycles. The smallest absolute Gasteiger partial charge is 0.287 e. The van der Waals surface area contributed by atoms with Crippen LogP contribution in [0.15, 0.2) is 46.9 Å². The third kappa shape index (κ3) is 3.34. The second-order valence-corrected chi connectivity index (χ2v) is 6.10. The van der Waals surface area contributed by atoms with Gasteiger partial charge in [-0.15, -0.1) is 0 Å². The monoisotopic (exact) mass is 352 g/mol. The molecule has 1 amide bonds. The Bertz CT molecular complexity index is 888. The minimum absolute atomic E-state index is 0.256. The summed E-state index contributed by atoms with van der Waals surface area (Å²) in [5, 5.41) is 10.7. The van der Waals surface area contributed by atoms with Crippen LogP contribution in [0.3, 0.4) is 0 Å². The van der Waals surface area contributed by atoms with Gasteiger partial charge in [0, 0.05) is 18.7 Å². The molecular formula is C19H20N4O3. The summed E-state index contributed by atoms with van der Waals surface area (Å²) >= 11 is 0. The molecule has 1 aliphatic rings. The van der Waals surface area contributed by atoms with Gasteiger partial charge in [-0.3, -0.25) is 9.48 Å². The molecular weight excluding hydrogens is 332 g/mol. The maximum absolute atomic E-state index is 12.3. The summed E-state index contributed by atoms with van der Waals surface area (Å²) in [6, 6.07) is 13.0. The van der Waals surface area contributed by atoms with Crippen LogP contribution in [0.25, 0.3) is 11.3 Å². The van der Waals surface area contributed by atoms with Crippen LogP contribution in [0, 0.1) is 0 Å². The number of aromatic nitrogens is 2. The van der Waals surface area contributed by atoms with Gasteiger partial charge in [-0.05, 0) is 42.5 Å². The summed E-state index contributed by atoms with van der Waals surface area (Å²) in [5.74, 6) is 1.44. The third-order valence-corrected chi connectivity index (χ3v) is 4.35. The minimum atomic E-state index is -0.256. The molecule has 7 nitrogen and oxygen atoms in total. The van der Waals surface area contributed by atoms with E-state index in [0.717, 1.165) is 42.3 Å². The molecule has 0 aliphatic carbocycles. The zero-order valence-electron chi connectivity index (χ0n) is 14.5. The van der Waals surface area contributed by atoms with Crippen molar-refractivity contribution in [2.75, 3.05) is 13.7 Å². The van der Waals surface area contributed by atoms with Crippen LogP contribution in [0.4, 0.5) is 0 Å². The summed E-state index contributed by atoms with van der Waals surface area (Å²) in [7, 11) is 1.62. The minimum Gasteiger partial charge on any atom is -0.497 e. The van der Waals surface area contributed by atoms with Crippen molar-refractivity contribution in [2.45, 2.75) is 19.6 Å². The number of benzene rings is 1. The lowest BCUT2D eigenvalue weighted by atomic mass is 10.2. The van der Waals surface area contributed by atoms with E-state index < -0.39 is 0 Å². The SMILES string of the molecule is COc1ccc(-c2ccc(C(=O)NCc3cc4n(n3)CCNC4)o2)cc1. The zero-order valence-corrected chi connectivity index (χ0v) is 14.5. The third-order valence-electron chi connectivity index (χ3n) is 4.35. The highest BCUT2D eigenvalue weighted by atomic mass is 16.5. The van der Waals surface area contributed by atoms with E-state index >= 15 is 0 Å². The first-order valence-corrected chi connectivity index (χ1v) is 8.52. The standard InChI is InChI=1S/C19H20N4O3/c1-25-16-4-2-13(3-5-16)17-6-7-18(26-17)19(24)21-11-14-10-15-12-20-8-9-23(15)22-14/h2-7,10,20H,8-9,11-12H2,1H3,(H,21,24). The van der Waals surface area contributed by atoms with Crippen molar-refractivity contribution in [1.29, 1.82) is 0 Å². The predicted molar refractivity (Wildman–Crippen MR) is 95.8 cm³/mol. The Morgan fingerprint density at radius 3 is 2.92 bits per heavy atom. The van der Waals surface area contributed by atoms with Crippen molar-refractivity contribution in [3.8, 4) is 17.1 Å². The van der Waals surface area contributed by atoms with E-state index in [0.29, 0.717) is 12.3 Å². The molecule has 26 heavy (non-hydrogen) atoms. The summed E-state index contributed by atoms with van der Waals surface area (Å²) < 4.78 is 12.8. The van der Waals surface area contributed by atoms with Crippen molar-refractivity contribution in [2.24, 2.45) is 0 Å². The lowest BCUT2D eigenvalue weighted by Crippen LogP contribution is -2.28. The summed E-state index contributed by atoms with van der Waals surface area (Å²) in [5.41, 5.74) is 2.87. The molecule has 134 valence electrons. The van der Waals surface area contributed by atoms with Crippen molar-refractivity contribution >= 4 is 5.91 Å². The second kappa shape index (κ2) is 7.05. The normalized spacial score (nSPS) is 13.3. The fraction of sp³-hybridized carbons (Fsp3) is 0.263. The average Bonchev–Trinajstić information content (AvgIpc) is 3.33. The first-order valence-electron chi connectivity index (χ1n) is 8.52. The molecule has 2 N–H and O–H groups in total. The topological polar surface area (TPSA) is 81.3 Å². The summed E-state index contributed by atoms with van der Waals surface area (Å²) in [6.45, 7) is 2.95. The highest BCUT2D eigenvalue weighted by Crippen LogP contribution is 2.24. The Morgan fingerprint density at radius 1 is 1.31 bits per heavy atom. The molecule has 0 spiro atoms. The molecule has 4 rings (SSSR count). The number of amides is 1. The van der Waals surface area contributed by atoms with E-state index in [4.69, 9.17) is 9.15 Å². The molecule has 1 aromatic carbocycles. The molecule has 2 aromatic heterocycles. The van der Waals surface area contributed by atoms with Crippen LogP contribution in [-0.2, 0) is 19.6 Å². The fourth-order valence-corrected chi connectivity index (χ4v) is 2.97. The van der Waals surface area contributed by atoms with E-state index in [9.17, 15) is 4.79 Å². The van der Waals surface area contributed by atoms with Crippen LogP contribution in [0.1, 0.15) is 21.9 Å². The van der Waals surface area contributed by atoms with Crippen LogP contribution >= 0.6 is 0 Å². The van der Waals surface area contributed by atoms with Crippen molar-refractivity contribution in [3.63, 3.8) is 0 Å². The van der Waals surface area contributed by atoms with Gasteiger partial charge in [0.25, 0.3) is 5.91 Å². The lowest BCUT2D eigenvalue weighted by Gasteiger charge is -2.13. The molecule has 0 unspecified atom stereocenters. The molecule has 3 aromatic rings. The summed E-state index contributed by atoms with van der Waals surface area (Å²) in [6.07, 6.45) is 0. The molecule has 0 saturated heterocycles. The predicted octanol–water partition coefficient (Wildman–Crippen LogP) is 2.18. The number of rotatable bonds is 5. The highest BCUT2D eigenvalue weighted by Gasteiger charge is 2.15. The average molecular weight is 352 g/mol. The Hall–Kier alpha value is -3.06. The number of carbonyl (C=O) groups excluding carboxylic acids is 1. The van der Waals surface area contributed by atoms with Gasteiger partial charge < -0.3 is 19.8 Å². The lowest BCUT2D eigenvalue weighted by molar-refractivity contribution is 0.0923. The molecule has 0 fully saturated rings. The molecule has 1 aliphatic heterocycles. The first kappa shape index (κ1) is 16.4. The molecule has 7 heteroatoms. The number of methoxy groups -OCH3 is 1. The van der Waals surface area contributed by atoms with Crippen molar-refractivity contribution < 1.29 is 13.9 Å². The molecule has 3 heterocycles. The molecule has 0 radical (unpaired) electrons. The van der Waals surface area contributed by atoms with Crippen LogP contribution in [0.5, 0.6) is 5.75 Å². The largest absolute Gasteiger partial charge is 0.497 e. The molecule has 0 atom stereocenters. The number of ether oxygens (including phenoxy) is 1. The van der Waals surface area contributed by atoms with E-state index in [1.54, 1.807) is 19.2 Å². The van der Waals surface area contributed by atoms with Crippen molar-refractivity contribution in [3.05, 3.63) is 59.6 Å². The highest BCUT2D eigenvalue weighted by molar-refractivity contribution is 5.92. The Morgan fingerprint density at radius 2 is 2.15 bits per heavy atom. The molecule has 0 bridgehead atoms. The number of fused-ring (bicyclic) bond motifs is 1. The van der Waals surface area contributed by atoms with E-state index in [-0.39, 0.29) is 11.7 Å². The summed E-state index contributed by atoms with van der Waals surface area (Å²) in [4.78, 5) is 12.3. The van der Waals surface area contributed by atoms with E-state index in [1.807, 2.05) is 35.0 Å².